The molecule has 1 heterocycles. The van der Waals surface area contributed by atoms with Crippen molar-refractivity contribution in [2.24, 2.45) is 16.8 Å². The van der Waals surface area contributed by atoms with Crippen molar-refractivity contribution in [3.8, 4) is 11.8 Å². The van der Waals surface area contributed by atoms with Crippen molar-refractivity contribution in [2.75, 3.05) is 0 Å². The quantitative estimate of drug-likeness (QED) is 0.448. The number of benzene rings is 1. The van der Waals surface area contributed by atoms with Gasteiger partial charge in [-0.2, -0.15) is 0 Å². The molecule has 0 amide bonds. The first-order valence-corrected chi connectivity index (χ1v) is 8.44. The Balaban J connectivity index is 2.23. The summed E-state index contributed by atoms with van der Waals surface area (Å²) in [4.78, 5) is 16.3. The maximum Gasteiger partial charge on any atom is 0.159 e. The Kier molecular flexibility index (Phi) is 5.93. The highest BCUT2D eigenvalue weighted by Gasteiger charge is 2.30. The van der Waals surface area contributed by atoms with E-state index in [4.69, 9.17) is 4.99 Å². The lowest BCUT2D eigenvalue weighted by molar-refractivity contribution is 0.101. The van der Waals surface area contributed by atoms with Crippen molar-refractivity contribution < 1.29 is 4.79 Å². The molecular formula is C22H25NO. The Bertz CT molecular complexity index is 771. The summed E-state index contributed by atoms with van der Waals surface area (Å²) in [5, 5.41) is 0. The van der Waals surface area contributed by atoms with E-state index in [0.717, 1.165) is 16.8 Å². The van der Waals surface area contributed by atoms with Crippen LogP contribution in [0.2, 0.25) is 0 Å². The number of Topliss-reactive ketones (excluding diaryl/α,β-unsaturated/α-hetero) is 1. The molecule has 2 rings (SSSR count). The monoisotopic (exact) mass is 319 g/mol. The number of rotatable bonds is 3. The molecule has 1 aliphatic rings. The Morgan fingerprint density at radius 2 is 2.00 bits per heavy atom. The van der Waals surface area contributed by atoms with Gasteiger partial charge in [-0.3, -0.25) is 9.79 Å². The molecule has 2 nitrogen and oxygen atoms in total. The van der Waals surface area contributed by atoms with Crippen LogP contribution in [-0.4, -0.2) is 17.5 Å². The molecule has 3 atom stereocenters. The van der Waals surface area contributed by atoms with Crippen molar-refractivity contribution in [3.63, 3.8) is 0 Å². The van der Waals surface area contributed by atoms with Crippen LogP contribution in [0.25, 0.3) is 0 Å². The van der Waals surface area contributed by atoms with E-state index >= 15 is 0 Å². The standard InChI is InChI=1S/C22H25NO/c1-6-7-8-9-22-16(3)21(17(4)23-22)13-12-19-14-20(18(5)24)11-10-15(19)2/h6-11,14,16-17,21H,1-5H3. The van der Waals surface area contributed by atoms with Gasteiger partial charge >= 0.3 is 0 Å². The van der Waals surface area contributed by atoms with Gasteiger partial charge in [-0.15, -0.1) is 0 Å². The SMILES string of the molecule is CC=CC=CC1=NC(C)C(C#Cc2cc(C(C)=O)ccc2C)C1C. The molecule has 1 aromatic rings. The third-order valence-electron chi connectivity index (χ3n) is 4.47. The first kappa shape index (κ1) is 17.9. The minimum absolute atomic E-state index is 0.0698. The number of allylic oxidation sites excluding steroid dienone is 4. The first-order valence-electron chi connectivity index (χ1n) is 8.44. The van der Waals surface area contributed by atoms with Crippen LogP contribution in [-0.2, 0) is 0 Å². The fourth-order valence-electron chi connectivity index (χ4n) is 2.88. The van der Waals surface area contributed by atoms with Gasteiger partial charge in [0, 0.05) is 22.8 Å². The van der Waals surface area contributed by atoms with Crippen molar-refractivity contribution in [3.05, 3.63) is 59.2 Å². The average Bonchev–Trinajstić information content (AvgIpc) is 2.81. The molecule has 2 heteroatoms. The molecule has 124 valence electrons. The van der Waals surface area contributed by atoms with Gasteiger partial charge in [0.15, 0.2) is 5.78 Å². The minimum Gasteiger partial charge on any atom is -0.295 e. The normalized spacial score (nSPS) is 23.4. The van der Waals surface area contributed by atoms with E-state index in [1.807, 2.05) is 50.3 Å². The van der Waals surface area contributed by atoms with Crippen LogP contribution in [0.15, 0.2) is 47.5 Å². The van der Waals surface area contributed by atoms with E-state index in [9.17, 15) is 4.79 Å². The van der Waals surface area contributed by atoms with E-state index in [2.05, 4.69) is 31.8 Å². The number of carbonyl (C=O) groups is 1. The number of nitrogens with zero attached hydrogens (tertiary/aromatic N) is 1. The minimum atomic E-state index is 0.0698. The Morgan fingerprint density at radius 3 is 2.67 bits per heavy atom. The van der Waals surface area contributed by atoms with Crippen molar-refractivity contribution in [2.45, 2.75) is 40.7 Å². The van der Waals surface area contributed by atoms with Gasteiger partial charge in [-0.05, 0) is 45.4 Å². The first-order chi connectivity index (χ1) is 11.4. The number of aryl methyl sites for hydroxylation is 1. The van der Waals surface area contributed by atoms with Crippen LogP contribution in [0.1, 0.15) is 49.2 Å². The van der Waals surface area contributed by atoms with Crippen LogP contribution < -0.4 is 0 Å². The summed E-state index contributed by atoms with van der Waals surface area (Å²) in [5.41, 5.74) is 3.85. The molecule has 1 aromatic carbocycles. The van der Waals surface area contributed by atoms with Gasteiger partial charge in [0.05, 0.1) is 12.0 Å². The Morgan fingerprint density at radius 1 is 1.25 bits per heavy atom. The summed E-state index contributed by atoms with van der Waals surface area (Å²) in [6, 6.07) is 5.90. The molecule has 0 spiro atoms. The summed E-state index contributed by atoms with van der Waals surface area (Å²) in [6.07, 6.45) is 8.11. The fraction of sp³-hybridized carbons (Fsp3) is 0.364. The summed E-state index contributed by atoms with van der Waals surface area (Å²) in [6.45, 7) is 9.90. The number of aliphatic imine (C=N–C) groups is 1. The van der Waals surface area contributed by atoms with Crippen LogP contribution in [0, 0.1) is 30.6 Å². The molecule has 24 heavy (non-hydrogen) atoms. The Hall–Kier alpha value is -2.40. The molecule has 3 unspecified atom stereocenters. The second-order valence-corrected chi connectivity index (χ2v) is 6.35. The lowest BCUT2D eigenvalue weighted by atomic mass is 9.88. The number of hydrogen-bond donors (Lipinski definition) is 0. The summed E-state index contributed by atoms with van der Waals surface area (Å²) in [7, 11) is 0. The molecule has 0 aromatic heterocycles. The second-order valence-electron chi connectivity index (χ2n) is 6.35. The van der Waals surface area contributed by atoms with E-state index in [0.29, 0.717) is 11.5 Å². The lowest BCUT2D eigenvalue weighted by Gasteiger charge is -2.12. The van der Waals surface area contributed by atoms with Crippen LogP contribution in [0.5, 0.6) is 0 Å². The summed E-state index contributed by atoms with van der Waals surface area (Å²) < 4.78 is 0. The predicted octanol–water partition coefficient (Wildman–Crippen LogP) is 4.78. The smallest absolute Gasteiger partial charge is 0.159 e. The molecule has 0 aliphatic carbocycles. The van der Waals surface area contributed by atoms with Gasteiger partial charge in [0.1, 0.15) is 0 Å². The predicted molar refractivity (Wildman–Crippen MR) is 102 cm³/mol. The molecule has 0 bridgehead atoms. The third-order valence-corrected chi connectivity index (χ3v) is 4.47. The van der Waals surface area contributed by atoms with Crippen LogP contribution in [0.4, 0.5) is 0 Å². The van der Waals surface area contributed by atoms with E-state index in [-0.39, 0.29) is 17.7 Å². The van der Waals surface area contributed by atoms with Crippen molar-refractivity contribution >= 4 is 11.5 Å². The second kappa shape index (κ2) is 7.93. The highest BCUT2D eigenvalue weighted by molar-refractivity contribution is 5.99. The largest absolute Gasteiger partial charge is 0.295 e. The van der Waals surface area contributed by atoms with Crippen LogP contribution >= 0.6 is 0 Å². The van der Waals surface area contributed by atoms with Gasteiger partial charge in [-0.25, -0.2) is 0 Å². The van der Waals surface area contributed by atoms with E-state index in [1.165, 1.54) is 0 Å². The zero-order valence-corrected chi connectivity index (χ0v) is 15.1. The summed E-state index contributed by atoms with van der Waals surface area (Å²) >= 11 is 0. The summed E-state index contributed by atoms with van der Waals surface area (Å²) in [5.74, 6) is 7.27. The van der Waals surface area contributed by atoms with E-state index < -0.39 is 0 Å². The molecule has 0 saturated carbocycles. The lowest BCUT2D eigenvalue weighted by Crippen LogP contribution is -2.17. The molecular weight excluding hydrogens is 294 g/mol. The molecule has 1 aliphatic heterocycles. The number of ketones is 1. The average molecular weight is 319 g/mol. The van der Waals surface area contributed by atoms with Gasteiger partial charge in [-0.1, -0.05) is 49.1 Å². The number of carbonyl (C=O) groups excluding carboxylic acids is 1. The maximum absolute atomic E-state index is 11.6. The highest BCUT2D eigenvalue weighted by Crippen LogP contribution is 2.27. The van der Waals surface area contributed by atoms with Crippen molar-refractivity contribution in [1.29, 1.82) is 0 Å². The maximum atomic E-state index is 11.6. The molecule has 0 radical (unpaired) electrons. The van der Waals surface area contributed by atoms with E-state index in [1.54, 1.807) is 6.92 Å². The van der Waals surface area contributed by atoms with Gasteiger partial charge in [0.2, 0.25) is 0 Å². The topological polar surface area (TPSA) is 29.4 Å². The molecule has 0 N–H and O–H groups in total. The fourth-order valence-corrected chi connectivity index (χ4v) is 2.88. The molecule has 0 saturated heterocycles. The van der Waals surface area contributed by atoms with Gasteiger partial charge < -0.3 is 0 Å². The zero-order valence-electron chi connectivity index (χ0n) is 15.1. The third kappa shape index (κ3) is 4.11. The Labute approximate surface area is 145 Å². The van der Waals surface area contributed by atoms with Crippen LogP contribution in [0.3, 0.4) is 0 Å². The number of hydrogen-bond acceptors (Lipinski definition) is 2. The van der Waals surface area contributed by atoms with Crippen molar-refractivity contribution in [1.82, 2.24) is 0 Å². The molecule has 0 fully saturated rings. The van der Waals surface area contributed by atoms with Gasteiger partial charge in [0.25, 0.3) is 0 Å². The zero-order chi connectivity index (χ0) is 17.7. The highest BCUT2D eigenvalue weighted by atomic mass is 16.1.